The average Bonchev–Trinajstić information content (AvgIpc) is 2.60. The Balaban J connectivity index is 2.00. The number of fused-ring (bicyclic) bond motifs is 3. The normalized spacial score (nSPS) is 51.5. The maximum atomic E-state index is 5.95. The number of rotatable bonds is 0. The lowest BCUT2D eigenvalue weighted by Gasteiger charge is -2.59. The Labute approximate surface area is 106 Å². The van der Waals surface area contributed by atoms with Crippen molar-refractivity contribution in [2.75, 3.05) is 0 Å². The molecule has 4 atom stereocenters. The van der Waals surface area contributed by atoms with Gasteiger partial charge in [0, 0.05) is 5.92 Å². The van der Waals surface area contributed by atoms with Crippen LogP contribution in [0.3, 0.4) is 0 Å². The Hall–Kier alpha value is -0.460. The van der Waals surface area contributed by atoms with E-state index in [0.717, 1.165) is 5.92 Å². The molecule has 4 unspecified atom stereocenters. The summed E-state index contributed by atoms with van der Waals surface area (Å²) in [5.41, 5.74) is 1.07. The van der Waals surface area contributed by atoms with Crippen LogP contribution in [0.25, 0.3) is 0 Å². The van der Waals surface area contributed by atoms with Crippen LogP contribution in [-0.2, 0) is 4.74 Å². The van der Waals surface area contributed by atoms with Crippen molar-refractivity contribution in [3.05, 3.63) is 12.3 Å². The molecule has 3 rings (SSSR count). The molecular weight excluding hydrogens is 208 g/mol. The Morgan fingerprint density at radius 2 is 1.82 bits per heavy atom. The molecule has 0 bridgehead atoms. The molecule has 1 heterocycles. The van der Waals surface area contributed by atoms with Crippen molar-refractivity contribution in [3.8, 4) is 0 Å². The van der Waals surface area contributed by atoms with E-state index in [1.54, 1.807) is 0 Å². The summed E-state index contributed by atoms with van der Waals surface area (Å²) < 4.78 is 5.95. The highest BCUT2D eigenvalue weighted by Gasteiger charge is 2.59. The lowest BCUT2D eigenvalue weighted by atomic mass is 9.46. The van der Waals surface area contributed by atoms with Gasteiger partial charge in [0.1, 0.15) is 5.60 Å². The second-order valence-corrected chi connectivity index (χ2v) is 7.68. The molecule has 0 aromatic rings. The third-order valence-corrected chi connectivity index (χ3v) is 6.18. The fraction of sp³-hybridized carbons (Fsp3) is 0.875. The van der Waals surface area contributed by atoms with Crippen LogP contribution >= 0.6 is 0 Å². The van der Waals surface area contributed by atoms with Gasteiger partial charge in [0.25, 0.3) is 0 Å². The minimum atomic E-state index is 0.0959. The maximum Gasteiger partial charge on any atom is 0.112 e. The van der Waals surface area contributed by atoms with E-state index in [1.807, 2.05) is 6.26 Å². The molecule has 0 amide bonds. The van der Waals surface area contributed by atoms with E-state index in [-0.39, 0.29) is 5.60 Å². The Bertz CT molecular complexity index is 357. The molecule has 2 aliphatic carbocycles. The molecule has 3 aliphatic rings. The predicted octanol–water partition coefficient (Wildman–Crippen LogP) is 4.53. The first-order valence-electron chi connectivity index (χ1n) is 7.23. The number of hydrogen-bond donors (Lipinski definition) is 0. The van der Waals surface area contributed by atoms with Crippen LogP contribution in [0, 0.1) is 22.7 Å². The second-order valence-electron chi connectivity index (χ2n) is 7.68. The van der Waals surface area contributed by atoms with Gasteiger partial charge >= 0.3 is 0 Å². The third kappa shape index (κ3) is 1.44. The largest absolute Gasteiger partial charge is 0.495 e. The van der Waals surface area contributed by atoms with E-state index in [2.05, 4.69) is 33.8 Å². The first-order chi connectivity index (χ1) is 7.89. The van der Waals surface area contributed by atoms with E-state index in [9.17, 15) is 0 Å². The van der Waals surface area contributed by atoms with Gasteiger partial charge in [-0.15, -0.1) is 0 Å². The van der Waals surface area contributed by atoms with Gasteiger partial charge in [-0.1, -0.05) is 27.2 Å². The molecule has 96 valence electrons. The zero-order valence-corrected chi connectivity index (χ0v) is 11.8. The fourth-order valence-corrected chi connectivity index (χ4v) is 5.37. The van der Waals surface area contributed by atoms with Crippen molar-refractivity contribution in [1.82, 2.24) is 0 Å². The van der Waals surface area contributed by atoms with Crippen LogP contribution in [0.1, 0.15) is 59.8 Å². The van der Waals surface area contributed by atoms with Crippen LogP contribution in [0.15, 0.2) is 12.3 Å². The van der Waals surface area contributed by atoms with E-state index in [1.165, 1.54) is 32.1 Å². The highest BCUT2D eigenvalue weighted by molar-refractivity contribution is 5.16. The molecule has 1 nitrogen and oxygen atoms in total. The van der Waals surface area contributed by atoms with E-state index in [0.29, 0.717) is 16.7 Å². The molecule has 2 fully saturated rings. The molecular formula is C16H26O. The second kappa shape index (κ2) is 3.30. The number of ether oxygens (including phenoxy) is 1. The fourth-order valence-electron chi connectivity index (χ4n) is 5.37. The summed E-state index contributed by atoms with van der Waals surface area (Å²) in [6.45, 7) is 9.81. The van der Waals surface area contributed by atoms with Crippen molar-refractivity contribution >= 4 is 0 Å². The smallest absolute Gasteiger partial charge is 0.112 e. The Morgan fingerprint density at radius 3 is 2.59 bits per heavy atom. The topological polar surface area (TPSA) is 9.23 Å². The van der Waals surface area contributed by atoms with Crippen molar-refractivity contribution < 1.29 is 4.74 Å². The summed E-state index contributed by atoms with van der Waals surface area (Å²) in [7, 11) is 0. The van der Waals surface area contributed by atoms with Gasteiger partial charge in [-0.05, 0) is 55.4 Å². The van der Waals surface area contributed by atoms with Crippen molar-refractivity contribution in [1.29, 1.82) is 0 Å². The summed E-state index contributed by atoms with van der Waals surface area (Å²) >= 11 is 0. The van der Waals surface area contributed by atoms with Crippen LogP contribution < -0.4 is 0 Å². The summed E-state index contributed by atoms with van der Waals surface area (Å²) in [5, 5.41) is 0. The monoisotopic (exact) mass is 234 g/mol. The summed E-state index contributed by atoms with van der Waals surface area (Å²) in [6.07, 6.45) is 11.1. The van der Waals surface area contributed by atoms with Crippen LogP contribution in [0.2, 0.25) is 0 Å². The van der Waals surface area contributed by atoms with Gasteiger partial charge < -0.3 is 4.74 Å². The summed E-state index contributed by atoms with van der Waals surface area (Å²) in [5.74, 6) is 1.50. The van der Waals surface area contributed by atoms with Crippen molar-refractivity contribution in [3.63, 3.8) is 0 Å². The predicted molar refractivity (Wildman–Crippen MR) is 70.6 cm³/mol. The molecule has 1 heteroatoms. The zero-order valence-electron chi connectivity index (χ0n) is 11.8. The van der Waals surface area contributed by atoms with Gasteiger partial charge in [-0.25, -0.2) is 0 Å². The maximum absolute atomic E-state index is 5.95. The van der Waals surface area contributed by atoms with Gasteiger partial charge in [-0.2, -0.15) is 0 Å². The van der Waals surface area contributed by atoms with E-state index in [4.69, 9.17) is 4.74 Å². The number of hydrogen-bond acceptors (Lipinski definition) is 1. The van der Waals surface area contributed by atoms with E-state index >= 15 is 0 Å². The SMILES string of the molecule is CC1(C)CCCC2(C)C1CCC1(C)OC=CC12. The quantitative estimate of drug-likeness (QED) is 0.598. The van der Waals surface area contributed by atoms with Crippen LogP contribution in [0.4, 0.5) is 0 Å². The van der Waals surface area contributed by atoms with E-state index < -0.39 is 0 Å². The molecule has 0 aromatic heterocycles. The average molecular weight is 234 g/mol. The Kier molecular flexibility index (Phi) is 2.26. The van der Waals surface area contributed by atoms with Crippen molar-refractivity contribution in [2.24, 2.45) is 22.7 Å². The first kappa shape index (κ1) is 11.6. The molecule has 2 saturated carbocycles. The Morgan fingerprint density at radius 1 is 1.06 bits per heavy atom. The van der Waals surface area contributed by atoms with Gasteiger partial charge in [-0.3, -0.25) is 0 Å². The van der Waals surface area contributed by atoms with Crippen LogP contribution in [-0.4, -0.2) is 5.60 Å². The van der Waals surface area contributed by atoms with Gasteiger partial charge in [0.05, 0.1) is 6.26 Å². The van der Waals surface area contributed by atoms with Gasteiger partial charge in [0.15, 0.2) is 0 Å². The third-order valence-electron chi connectivity index (χ3n) is 6.18. The standard InChI is InChI=1S/C16H26O/c1-14(2)8-5-9-15(3)12(14)6-10-16(4)13(15)7-11-17-16/h7,11-13H,5-6,8-10H2,1-4H3. The van der Waals surface area contributed by atoms with Gasteiger partial charge in [0.2, 0.25) is 0 Å². The summed E-state index contributed by atoms with van der Waals surface area (Å²) in [4.78, 5) is 0. The highest BCUT2D eigenvalue weighted by atomic mass is 16.5. The van der Waals surface area contributed by atoms with Crippen molar-refractivity contribution in [2.45, 2.75) is 65.4 Å². The molecule has 17 heavy (non-hydrogen) atoms. The lowest BCUT2D eigenvalue weighted by molar-refractivity contribution is -0.138. The first-order valence-corrected chi connectivity index (χ1v) is 7.23. The molecule has 0 spiro atoms. The molecule has 0 aromatic carbocycles. The zero-order chi connectivity index (χ0) is 12.3. The van der Waals surface area contributed by atoms with Crippen LogP contribution in [0.5, 0.6) is 0 Å². The minimum Gasteiger partial charge on any atom is -0.495 e. The summed E-state index contributed by atoms with van der Waals surface area (Å²) in [6, 6.07) is 0. The minimum absolute atomic E-state index is 0.0959. The highest BCUT2D eigenvalue weighted by Crippen LogP contribution is 2.64. The molecule has 0 N–H and O–H groups in total. The molecule has 0 saturated heterocycles. The molecule has 0 radical (unpaired) electrons. The molecule has 1 aliphatic heterocycles. The lowest BCUT2D eigenvalue weighted by Crippen LogP contribution is -2.56.